The zero-order valence-electron chi connectivity index (χ0n) is 22.3. The van der Waals surface area contributed by atoms with E-state index >= 15 is 0 Å². The normalized spacial score (nSPS) is 18.7. The van der Waals surface area contributed by atoms with E-state index in [1.165, 1.54) is 0 Å². The molecular formula is C29H34N4O5. The van der Waals surface area contributed by atoms with Gasteiger partial charge in [0, 0.05) is 36.6 Å². The maximum atomic E-state index is 12.3. The zero-order valence-corrected chi connectivity index (χ0v) is 22.3. The van der Waals surface area contributed by atoms with Crippen molar-refractivity contribution in [3.8, 4) is 17.2 Å². The molecule has 3 heterocycles. The highest BCUT2D eigenvalue weighted by atomic mass is 16.6. The summed E-state index contributed by atoms with van der Waals surface area (Å²) in [6.07, 6.45) is 1.91. The maximum Gasteiger partial charge on any atom is 0.410 e. The molecule has 9 nitrogen and oxygen atoms in total. The van der Waals surface area contributed by atoms with Crippen LogP contribution in [0, 0.1) is 11.8 Å². The van der Waals surface area contributed by atoms with E-state index in [2.05, 4.69) is 15.5 Å². The van der Waals surface area contributed by atoms with Gasteiger partial charge in [0.15, 0.2) is 5.58 Å². The SMILES string of the molecule is CC1CC(=O)NN=C1c1ccc2nc(-c3cccc(OCC4CCN(C(=O)OC(C)(C)C)CC4)c3)oc2c1. The van der Waals surface area contributed by atoms with Crippen molar-refractivity contribution in [2.75, 3.05) is 19.7 Å². The lowest BCUT2D eigenvalue weighted by Gasteiger charge is -2.33. The first-order chi connectivity index (χ1) is 18.1. The Bertz CT molecular complexity index is 1360. The molecule has 38 heavy (non-hydrogen) atoms. The lowest BCUT2D eigenvalue weighted by Crippen LogP contribution is -2.42. The van der Waals surface area contributed by atoms with Crippen LogP contribution in [-0.4, -0.2) is 52.9 Å². The van der Waals surface area contributed by atoms with Crippen molar-refractivity contribution in [1.29, 1.82) is 0 Å². The van der Waals surface area contributed by atoms with E-state index in [1.807, 2.05) is 70.2 Å². The van der Waals surface area contributed by atoms with Gasteiger partial charge in [-0.15, -0.1) is 0 Å². The van der Waals surface area contributed by atoms with Crippen LogP contribution >= 0.6 is 0 Å². The molecule has 200 valence electrons. The molecule has 0 radical (unpaired) electrons. The minimum atomic E-state index is -0.485. The second kappa shape index (κ2) is 10.5. The second-order valence-corrected chi connectivity index (χ2v) is 11.1. The summed E-state index contributed by atoms with van der Waals surface area (Å²) in [7, 11) is 0. The maximum absolute atomic E-state index is 12.3. The lowest BCUT2D eigenvalue weighted by molar-refractivity contribution is -0.121. The molecule has 1 aromatic heterocycles. The van der Waals surface area contributed by atoms with Crippen LogP contribution in [0.5, 0.6) is 5.75 Å². The summed E-state index contributed by atoms with van der Waals surface area (Å²) in [5, 5.41) is 4.24. The molecule has 1 atom stereocenters. The number of ether oxygens (including phenoxy) is 2. The number of likely N-dealkylation sites (tertiary alicyclic amines) is 1. The fourth-order valence-corrected chi connectivity index (χ4v) is 4.75. The van der Waals surface area contributed by atoms with Crippen LogP contribution in [0.15, 0.2) is 52.0 Å². The molecule has 1 N–H and O–H groups in total. The summed E-state index contributed by atoms with van der Waals surface area (Å²) in [6.45, 7) is 9.56. The molecule has 1 fully saturated rings. The minimum absolute atomic E-state index is 0.0296. The van der Waals surface area contributed by atoms with E-state index in [1.54, 1.807) is 4.90 Å². The zero-order chi connectivity index (χ0) is 26.9. The number of nitrogens with zero attached hydrogens (tertiary/aromatic N) is 3. The Labute approximate surface area is 222 Å². The number of hydrazone groups is 1. The number of fused-ring (bicyclic) bond motifs is 1. The van der Waals surface area contributed by atoms with Gasteiger partial charge in [0.25, 0.3) is 0 Å². The number of amides is 2. The first-order valence-corrected chi connectivity index (χ1v) is 13.1. The Morgan fingerprint density at radius 1 is 1.13 bits per heavy atom. The molecule has 0 spiro atoms. The largest absolute Gasteiger partial charge is 0.493 e. The molecule has 2 aliphatic rings. The lowest BCUT2D eigenvalue weighted by atomic mass is 9.94. The Balaban J connectivity index is 1.21. The topological polar surface area (TPSA) is 106 Å². The van der Waals surface area contributed by atoms with Crippen molar-refractivity contribution in [1.82, 2.24) is 15.3 Å². The summed E-state index contributed by atoms with van der Waals surface area (Å²) in [6, 6.07) is 13.5. The van der Waals surface area contributed by atoms with E-state index < -0.39 is 5.60 Å². The van der Waals surface area contributed by atoms with Crippen molar-refractivity contribution < 1.29 is 23.5 Å². The van der Waals surface area contributed by atoms with Crippen molar-refractivity contribution in [3.05, 3.63) is 48.0 Å². The highest BCUT2D eigenvalue weighted by Crippen LogP contribution is 2.29. The van der Waals surface area contributed by atoms with Crippen LogP contribution in [0.1, 0.15) is 52.5 Å². The molecule has 0 saturated carbocycles. The highest BCUT2D eigenvalue weighted by molar-refractivity contribution is 6.07. The van der Waals surface area contributed by atoms with E-state index in [0.717, 1.165) is 40.9 Å². The highest BCUT2D eigenvalue weighted by Gasteiger charge is 2.27. The van der Waals surface area contributed by atoms with Gasteiger partial charge in [-0.2, -0.15) is 5.10 Å². The minimum Gasteiger partial charge on any atom is -0.493 e. The van der Waals surface area contributed by atoms with Crippen LogP contribution in [0.4, 0.5) is 4.79 Å². The van der Waals surface area contributed by atoms with Gasteiger partial charge in [-0.3, -0.25) is 4.79 Å². The number of piperidine rings is 1. The van der Waals surface area contributed by atoms with Gasteiger partial charge in [0.2, 0.25) is 11.8 Å². The quantitative estimate of drug-likeness (QED) is 0.486. The Hall–Kier alpha value is -3.88. The molecule has 2 aliphatic heterocycles. The van der Waals surface area contributed by atoms with Crippen molar-refractivity contribution >= 4 is 28.8 Å². The van der Waals surface area contributed by atoms with Gasteiger partial charge in [-0.1, -0.05) is 19.1 Å². The van der Waals surface area contributed by atoms with Crippen LogP contribution < -0.4 is 10.2 Å². The molecule has 5 rings (SSSR count). The molecule has 0 bridgehead atoms. The number of carbonyl (C=O) groups is 2. The Morgan fingerprint density at radius 2 is 1.92 bits per heavy atom. The number of rotatable bonds is 5. The van der Waals surface area contributed by atoms with Gasteiger partial charge >= 0.3 is 6.09 Å². The van der Waals surface area contributed by atoms with E-state index in [9.17, 15) is 9.59 Å². The van der Waals surface area contributed by atoms with Crippen molar-refractivity contribution in [2.45, 2.75) is 52.6 Å². The molecule has 3 aromatic rings. The number of hydrogen-bond acceptors (Lipinski definition) is 7. The summed E-state index contributed by atoms with van der Waals surface area (Å²) >= 11 is 0. The predicted octanol–water partition coefficient (Wildman–Crippen LogP) is 5.38. The smallest absolute Gasteiger partial charge is 0.410 e. The van der Waals surface area contributed by atoms with Gasteiger partial charge in [0.1, 0.15) is 16.9 Å². The average molecular weight is 519 g/mol. The number of nitrogens with one attached hydrogen (secondary N) is 1. The van der Waals surface area contributed by atoms with Crippen molar-refractivity contribution in [3.63, 3.8) is 0 Å². The fraction of sp³-hybridized carbons (Fsp3) is 0.448. The molecule has 2 amide bonds. The molecule has 1 unspecified atom stereocenters. The van der Waals surface area contributed by atoms with Crippen LogP contribution in [-0.2, 0) is 9.53 Å². The summed E-state index contributed by atoms with van der Waals surface area (Å²) in [5.41, 5.74) is 6.05. The number of aromatic nitrogens is 1. The van der Waals surface area contributed by atoms with E-state index in [4.69, 9.17) is 13.9 Å². The van der Waals surface area contributed by atoms with Gasteiger partial charge in [-0.05, 0) is 69.9 Å². The number of hydrogen-bond donors (Lipinski definition) is 1. The third-order valence-corrected chi connectivity index (χ3v) is 6.78. The van der Waals surface area contributed by atoms with Crippen LogP contribution in [0.3, 0.4) is 0 Å². The molecule has 1 saturated heterocycles. The molecule has 0 aliphatic carbocycles. The number of carbonyl (C=O) groups excluding carboxylic acids is 2. The number of oxazole rings is 1. The molecular weight excluding hydrogens is 484 g/mol. The molecule has 2 aromatic carbocycles. The fourth-order valence-electron chi connectivity index (χ4n) is 4.75. The monoisotopic (exact) mass is 518 g/mol. The van der Waals surface area contributed by atoms with Crippen LogP contribution in [0.25, 0.3) is 22.6 Å². The predicted molar refractivity (Wildman–Crippen MR) is 144 cm³/mol. The third kappa shape index (κ3) is 5.98. The summed E-state index contributed by atoms with van der Waals surface area (Å²) < 4.78 is 17.7. The van der Waals surface area contributed by atoms with Gasteiger partial charge in [-0.25, -0.2) is 15.2 Å². The first kappa shape index (κ1) is 25.8. The van der Waals surface area contributed by atoms with Gasteiger partial charge < -0.3 is 18.8 Å². The molecule has 9 heteroatoms. The standard InChI is InChI=1S/C29H34N4O5/c1-18-14-25(34)31-32-26(18)20-8-9-23-24(16-20)37-27(30-23)21-6-5-7-22(15-21)36-17-19-10-12-33(13-11-19)28(35)38-29(2,3)4/h5-9,15-16,18-19H,10-14,17H2,1-4H3,(H,31,34). The Kier molecular flexibility index (Phi) is 7.10. The Morgan fingerprint density at radius 3 is 2.66 bits per heavy atom. The third-order valence-electron chi connectivity index (χ3n) is 6.78. The van der Waals surface area contributed by atoms with E-state index in [0.29, 0.717) is 43.5 Å². The van der Waals surface area contributed by atoms with Crippen molar-refractivity contribution in [2.24, 2.45) is 16.9 Å². The number of benzene rings is 2. The summed E-state index contributed by atoms with van der Waals surface area (Å²) in [5.74, 6) is 1.59. The second-order valence-electron chi connectivity index (χ2n) is 11.1. The first-order valence-electron chi connectivity index (χ1n) is 13.1. The van der Waals surface area contributed by atoms with Crippen LogP contribution in [0.2, 0.25) is 0 Å². The summed E-state index contributed by atoms with van der Waals surface area (Å²) in [4.78, 5) is 30.3. The van der Waals surface area contributed by atoms with Gasteiger partial charge in [0.05, 0.1) is 12.3 Å². The average Bonchev–Trinajstić information content (AvgIpc) is 3.31. The van der Waals surface area contributed by atoms with E-state index in [-0.39, 0.29) is 17.9 Å².